The Morgan fingerprint density at radius 1 is 1.31 bits per heavy atom. The molecule has 4 rings (SSSR count). The highest BCUT2D eigenvalue weighted by molar-refractivity contribution is 6.05. The second-order valence-corrected chi connectivity index (χ2v) is 6.17. The number of rotatable bonds is 5. The minimum Gasteiger partial charge on any atom is -0.493 e. The third-order valence-electron chi connectivity index (χ3n) is 4.44. The maximum Gasteiger partial charge on any atom is 0.292 e. The number of aryl methyl sites for hydroxylation is 1. The quantitative estimate of drug-likeness (QED) is 0.524. The Hall–Kier alpha value is -3.88. The van der Waals surface area contributed by atoms with Crippen LogP contribution < -0.4 is 25.2 Å². The number of methoxy groups -OCH3 is 1. The molecule has 2 heterocycles. The van der Waals surface area contributed by atoms with Crippen LogP contribution in [0.3, 0.4) is 0 Å². The summed E-state index contributed by atoms with van der Waals surface area (Å²) in [5.74, 6) is 1.06. The summed E-state index contributed by atoms with van der Waals surface area (Å²) < 4.78 is 17.3. The van der Waals surface area contributed by atoms with E-state index in [1.165, 1.54) is 18.0 Å². The fraction of sp³-hybridized carbons (Fsp3) is 0.200. The molecule has 0 saturated carbocycles. The zero-order valence-corrected chi connectivity index (χ0v) is 15.8. The number of nitrogens with one attached hydrogen (secondary N) is 1. The summed E-state index contributed by atoms with van der Waals surface area (Å²) in [7, 11) is 1.53. The Morgan fingerprint density at radius 3 is 2.86 bits per heavy atom. The molecule has 1 aliphatic heterocycles. The number of ether oxygens (including phenoxy) is 3. The van der Waals surface area contributed by atoms with Crippen molar-refractivity contribution in [1.29, 1.82) is 0 Å². The Morgan fingerprint density at radius 2 is 2.10 bits per heavy atom. The SMILES string of the molecule is CCn1nc(C(=O)N/N=C/c2cc(OC)c3c(c2)OCO3)c2ccccc2c1=O. The lowest BCUT2D eigenvalue weighted by molar-refractivity contribution is 0.0949. The van der Waals surface area contributed by atoms with Crippen LogP contribution in [-0.4, -0.2) is 35.8 Å². The molecule has 148 valence electrons. The van der Waals surface area contributed by atoms with Gasteiger partial charge < -0.3 is 14.2 Å². The van der Waals surface area contributed by atoms with Gasteiger partial charge in [0.05, 0.1) is 18.7 Å². The molecular formula is C20H18N4O5. The van der Waals surface area contributed by atoms with E-state index in [1.54, 1.807) is 43.3 Å². The van der Waals surface area contributed by atoms with Gasteiger partial charge in [0, 0.05) is 17.5 Å². The maximum absolute atomic E-state index is 12.7. The summed E-state index contributed by atoms with van der Waals surface area (Å²) in [6, 6.07) is 10.3. The number of carbonyl (C=O) groups excluding carboxylic acids is 1. The molecule has 9 nitrogen and oxygen atoms in total. The third-order valence-corrected chi connectivity index (χ3v) is 4.44. The molecule has 0 unspecified atom stereocenters. The number of hydrogen-bond donors (Lipinski definition) is 1. The molecule has 2 aromatic carbocycles. The van der Waals surface area contributed by atoms with Gasteiger partial charge in [-0.15, -0.1) is 0 Å². The van der Waals surface area contributed by atoms with Gasteiger partial charge in [0.15, 0.2) is 17.2 Å². The second-order valence-electron chi connectivity index (χ2n) is 6.17. The maximum atomic E-state index is 12.7. The first-order valence-electron chi connectivity index (χ1n) is 8.93. The Kier molecular flexibility index (Phi) is 4.86. The fourth-order valence-electron chi connectivity index (χ4n) is 3.06. The molecule has 0 spiro atoms. The van der Waals surface area contributed by atoms with Crippen LogP contribution in [0, 0.1) is 0 Å². The van der Waals surface area contributed by atoms with E-state index >= 15 is 0 Å². The molecule has 1 aliphatic rings. The van der Waals surface area contributed by atoms with Crippen LogP contribution >= 0.6 is 0 Å². The third kappa shape index (κ3) is 3.38. The molecule has 1 amide bonds. The van der Waals surface area contributed by atoms with Crippen molar-refractivity contribution in [2.24, 2.45) is 5.10 Å². The molecule has 0 atom stereocenters. The number of hydrazone groups is 1. The standard InChI is InChI=1S/C20H18N4O5/c1-3-24-20(26)14-7-5-4-6-13(14)17(23-24)19(25)22-21-10-12-8-15(27-2)18-16(9-12)28-11-29-18/h4-10H,3,11H2,1-2H3,(H,22,25)/b21-10+. The highest BCUT2D eigenvalue weighted by Gasteiger charge is 2.20. The van der Waals surface area contributed by atoms with Crippen LogP contribution in [0.15, 0.2) is 46.3 Å². The van der Waals surface area contributed by atoms with Crippen molar-refractivity contribution in [1.82, 2.24) is 15.2 Å². The number of carbonyl (C=O) groups is 1. The van der Waals surface area contributed by atoms with Gasteiger partial charge in [-0.05, 0) is 25.1 Å². The zero-order valence-electron chi connectivity index (χ0n) is 15.8. The average Bonchev–Trinajstić information content (AvgIpc) is 3.22. The summed E-state index contributed by atoms with van der Waals surface area (Å²) in [4.78, 5) is 25.1. The van der Waals surface area contributed by atoms with E-state index in [9.17, 15) is 9.59 Å². The first-order valence-corrected chi connectivity index (χ1v) is 8.93. The largest absolute Gasteiger partial charge is 0.493 e. The normalized spacial score (nSPS) is 12.5. The first kappa shape index (κ1) is 18.5. The number of aromatic nitrogens is 2. The second kappa shape index (κ2) is 7.63. The van der Waals surface area contributed by atoms with E-state index in [2.05, 4.69) is 15.6 Å². The number of fused-ring (bicyclic) bond motifs is 2. The molecule has 29 heavy (non-hydrogen) atoms. The highest BCUT2D eigenvalue weighted by Crippen LogP contribution is 2.41. The molecular weight excluding hydrogens is 376 g/mol. The van der Waals surface area contributed by atoms with Gasteiger partial charge in [-0.2, -0.15) is 10.2 Å². The van der Waals surface area contributed by atoms with Crippen LogP contribution in [0.2, 0.25) is 0 Å². The van der Waals surface area contributed by atoms with Crippen molar-refractivity contribution >= 4 is 22.9 Å². The van der Waals surface area contributed by atoms with Gasteiger partial charge in [-0.25, -0.2) is 10.1 Å². The molecule has 0 saturated heterocycles. The summed E-state index contributed by atoms with van der Waals surface area (Å²) >= 11 is 0. The fourth-order valence-corrected chi connectivity index (χ4v) is 3.06. The average molecular weight is 394 g/mol. The summed E-state index contributed by atoms with van der Waals surface area (Å²) in [5, 5.41) is 9.08. The van der Waals surface area contributed by atoms with E-state index in [0.29, 0.717) is 40.1 Å². The Balaban J connectivity index is 1.61. The van der Waals surface area contributed by atoms with Crippen molar-refractivity contribution in [3.05, 3.63) is 58.0 Å². The lowest BCUT2D eigenvalue weighted by Gasteiger charge is -2.08. The van der Waals surface area contributed by atoms with Crippen LogP contribution in [0.4, 0.5) is 0 Å². The van der Waals surface area contributed by atoms with Crippen LogP contribution in [-0.2, 0) is 6.54 Å². The van der Waals surface area contributed by atoms with Crippen molar-refractivity contribution in [3.63, 3.8) is 0 Å². The van der Waals surface area contributed by atoms with E-state index in [1.807, 2.05) is 0 Å². The summed E-state index contributed by atoms with van der Waals surface area (Å²) in [5.41, 5.74) is 3.00. The molecule has 1 aromatic heterocycles. The number of benzene rings is 2. The van der Waals surface area contributed by atoms with Gasteiger partial charge in [0.25, 0.3) is 11.5 Å². The Bertz CT molecular complexity index is 1190. The molecule has 9 heteroatoms. The minimum absolute atomic E-state index is 0.120. The van der Waals surface area contributed by atoms with Gasteiger partial charge in [0.2, 0.25) is 12.5 Å². The van der Waals surface area contributed by atoms with Gasteiger partial charge in [0.1, 0.15) is 0 Å². The van der Waals surface area contributed by atoms with Gasteiger partial charge in [-0.1, -0.05) is 18.2 Å². The predicted octanol–water partition coefficient (Wildman–Crippen LogP) is 1.92. The van der Waals surface area contributed by atoms with E-state index in [4.69, 9.17) is 14.2 Å². The molecule has 0 radical (unpaired) electrons. The number of nitrogens with zero attached hydrogens (tertiary/aromatic N) is 3. The van der Waals surface area contributed by atoms with E-state index < -0.39 is 5.91 Å². The van der Waals surface area contributed by atoms with Crippen molar-refractivity contribution in [2.75, 3.05) is 13.9 Å². The molecule has 1 N–H and O–H groups in total. The molecule has 0 fully saturated rings. The number of amides is 1. The monoisotopic (exact) mass is 394 g/mol. The van der Waals surface area contributed by atoms with E-state index in [0.717, 1.165) is 0 Å². The smallest absolute Gasteiger partial charge is 0.292 e. The minimum atomic E-state index is -0.521. The summed E-state index contributed by atoms with van der Waals surface area (Å²) in [6.07, 6.45) is 1.46. The lowest BCUT2D eigenvalue weighted by atomic mass is 10.1. The summed E-state index contributed by atoms with van der Waals surface area (Å²) in [6.45, 7) is 2.26. The van der Waals surface area contributed by atoms with Crippen molar-refractivity contribution < 1.29 is 19.0 Å². The molecule has 3 aromatic rings. The van der Waals surface area contributed by atoms with Crippen LogP contribution in [0.1, 0.15) is 23.0 Å². The van der Waals surface area contributed by atoms with Gasteiger partial charge in [-0.3, -0.25) is 9.59 Å². The topological polar surface area (TPSA) is 104 Å². The van der Waals surface area contributed by atoms with Crippen molar-refractivity contribution in [2.45, 2.75) is 13.5 Å². The zero-order chi connectivity index (χ0) is 20.4. The first-order chi connectivity index (χ1) is 14.1. The van der Waals surface area contributed by atoms with Crippen molar-refractivity contribution in [3.8, 4) is 17.2 Å². The Labute approximate surface area is 165 Å². The van der Waals surface area contributed by atoms with E-state index in [-0.39, 0.29) is 18.0 Å². The number of hydrogen-bond acceptors (Lipinski definition) is 7. The molecule has 0 bridgehead atoms. The van der Waals surface area contributed by atoms with Crippen LogP contribution in [0.25, 0.3) is 10.8 Å². The predicted molar refractivity (Wildman–Crippen MR) is 106 cm³/mol. The highest BCUT2D eigenvalue weighted by atomic mass is 16.7. The lowest BCUT2D eigenvalue weighted by Crippen LogP contribution is -2.28. The van der Waals surface area contributed by atoms with Crippen LogP contribution in [0.5, 0.6) is 17.2 Å². The molecule has 0 aliphatic carbocycles. The van der Waals surface area contributed by atoms with Gasteiger partial charge >= 0.3 is 0 Å².